The average molecular weight is 509 g/mol. The smallest absolute Gasteiger partial charge is 0.264 e. The maximum Gasteiger partial charge on any atom is 0.264 e. The van der Waals surface area contributed by atoms with Gasteiger partial charge in [-0.1, -0.05) is 65.2 Å². The van der Waals surface area contributed by atoms with Crippen molar-refractivity contribution in [1.82, 2.24) is 5.32 Å². The fraction of sp³-hybridized carbons (Fsp3) is 0.174. The van der Waals surface area contributed by atoms with Gasteiger partial charge in [0.05, 0.1) is 20.6 Å². The van der Waals surface area contributed by atoms with Gasteiger partial charge in [0.2, 0.25) is 5.91 Å². The minimum absolute atomic E-state index is 0.0616. The Morgan fingerprint density at radius 3 is 2.34 bits per heavy atom. The fourth-order valence-corrected chi connectivity index (χ4v) is 5.55. The topological polar surface area (TPSA) is 66.5 Å². The summed E-state index contributed by atoms with van der Waals surface area (Å²) in [6.45, 7) is 1.83. The fourth-order valence-electron chi connectivity index (χ4n) is 2.88. The molecule has 0 atom stereocenters. The third kappa shape index (κ3) is 6.19. The molecule has 0 fully saturated rings. The molecular formula is C23H22Cl2N2O3S2. The number of rotatable bonds is 9. The number of hydrogen-bond donors (Lipinski definition) is 1. The van der Waals surface area contributed by atoms with E-state index in [4.69, 9.17) is 23.2 Å². The summed E-state index contributed by atoms with van der Waals surface area (Å²) in [6, 6.07) is 20.9. The molecule has 3 aromatic rings. The standard InChI is InChI=1S/C23H22Cl2N2O3S2/c1-17-10-12-19(13-11-17)32(29,30)27(21-9-5-8-20(24)23(21)25)16-22(28)26-14-15-31-18-6-3-2-4-7-18/h2-13H,14-16H2,1H3,(H,26,28). The van der Waals surface area contributed by atoms with Crippen LogP contribution in [0.2, 0.25) is 10.0 Å². The lowest BCUT2D eigenvalue weighted by molar-refractivity contribution is -0.119. The third-order valence-corrected chi connectivity index (χ3v) is 8.13. The van der Waals surface area contributed by atoms with Crippen molar-refractivity contribution in [1.29, 1.82) is 0 Å². The van der Waals surface area contributed by atoms with Gasteiger partial charge in [-0.15, -0.1) is 11.8 Å². The van der Waals surface area contributed by atoms with E-state index in [1.165, 1.54) is 18.2 Å². The first kappa shape index (κ1) is 24.5. The first-order chi connectivity index (χ1) is 15.3. The van der Waals surface area contributed by atoms with Crippen LogP contribution in [0.25, 0.3) is 0 Å². The van der Waals surface area contributed by atoms with Gasteiger partial charge in [-0.3, -0.25) is 9.10 Å². The molecule has 0 heterocycles. The van der Waals surface area contributed by atoms with Crippen molar-refractivity contribution in [3.05, 3.63) is 88.4 Å². The first-order valence-corrected chi connectivity index (χ1v) is 12.9. The normalized spacial score (nSPS) is 11.2. The lowest BCUT2D eigenvalue weighted by Crippen LogP contribution is -2.41. The first-order valence-electron chi connectivity index (χ1n) is 9.77. The highest BCUT2D eigenvalue weighted by Gasteiger charge is 2.29. The summed E-state index contributed by atoms with van der Waals surface area (Å²) in [7, 11) is -4.05. The summed E-state index contributed by atoms with van der Waals surface area (Å²) in [5.74, 6) is 0.212. The van der Waals surface area contributed by atoms with Crippen molar-refractivity contribution in [3.8, 4) is 0 Å². The SMILES string of the molecule is Cc1ccc(S(=O)(=O)N(CC(=O)NCCSc2ccccc2)c2cccc(Cl)c2Cl)cc1. The van der Waals surface area contributed by atoms with E-state index in [0.29, 0.717) is 12.3 Å². The van der Waals surface area contributed by atoms with Crippen molar-refractivity contribution in [2.75, 3.05) is 23.1 Å². The molecular weight excluding hydrogens is 487 g/mol. The van der Waals surface area contributed by atoms with Crippen molar-refractivity contribution in [2.45, 2.75) is 16.7 Å². The molecule has 0 aromatic heterocycles. The molecule has 0 saturated carbocycles. The maximum atomic E-state index is 13.4. The van der Waals surface area contributed by atoms with E-state index in [2.05, 4.69) is 5.32 Å². The summed E-state index contributed by atoms with van der Waals surface area (Å²) in [6.07, 6.45) is 0. The number of carbonyl (C=O) groups excluding carboxylic acids is 1. The van der Waals surface area contributed by atoms with Gasteiger partial charge >= 0.3 is 0 Å². The summed E-state index contributed by atoms with van der Waals surface area (Å²) in [5, 5.41) is 3.05. The second kappa shape index (κ2) is 11.1. The van der Waals surface area contributed by atoms with E-state index in [1.807, 2.05) is 37.3 Å². The zero-order valence-electron chi connectivity index (χ0n) is 17.3. The maximum absolute atomic E-state index is 13.4. The van der Waals surface area contributed by atoms with Gasteiger partial charge in [0.15, 0.2) is 0 Å². The monoisotopic (exact) mass is 508 g/mol. The minimum Gasteiger partial charge on any atom is -0.354 e. The average Bonchev–Trinajstić information content (AvgIpc) is 2.78. The number of thioether (sulfide) groups is 1. The number of nitrogens with one attached hydrogen (secondary N) is 1. The number of anilines is 1. The van der Waals surface area contributed by atoms with Crippen LogP contribution in [0.3, 0.4) is 0 Å². The van der Waals surface area contributed by atoms with Crippen LogP contribution in [0.5, 0.6) is 0 Å². The van der Waals surface area contributed by atoms with Crippen molar-refractivity contribution >= 4 is 56.6 Å². The van der Waals surface area contributed by atoms with Crippen LogP contribution in [0.1, 0.15) is 5.56 Å². The molecule has 0 aliphatic carbocycles. The van der Waals surface area contributed by atoms with Crippen LogP contribution in [0, 0.1) is 6.92 Å². The van der Waals surface area contributed by atoms with E-state index in [9.17, 15) is 13.2 Å². The summed E-state index contributed by atoms with van der Waals surface area (Å²) in [5.41, 5.74) is 1.07. The molecule has 168 valence electrons. The Bertz CT molecular complexity index is 1170. The van der Waals surface area contributed by atoms with Crippen LogP contribution in [0.15, 0.2) is 82.6 Å². The van der Waals surface area contributed by atoms with Crippen LogP contribution < -0.4 is 9.62 Å². The van der Waals surface area contributed by atoms with E-state index in [-0.39, 0.29) is 20.6 Å². The Morgan fingerprint density at radius 1 is 0.969 bits per heavy atom. The van der Waals surface area contributed by atoms with Gasteiger partial charge in [-0.2, -0.15) is 0 Å². The second-order valence-corrected chi connectivity index (χ2v) is 10.7. The van der Waals surface area contributed by atoms with Gasteiger partial charge in [0.25, 0.3) is 10.0 Å². The van der Waals surface area contributed by atoms with Crippen LogP contribution in [0.4, 0.5) is 5.69 Å². The van der Waals surface area contributed by atoms with Gasteiger partial charge < -0.3 is 5.32 Å². The van der Waals surface area contributed by atoms with Gasteiger partial charge in [-0.25, -0.2) is 8.42 Å². The Labute approximate surface area is 202 Å². The molecule has 0 bridgehead atoms. The molecule has 0 saturated heterocycles. The van der Waals surface area contributed by atoms with E-state index in [0.717, 1.165) is 14.8 Å². The minimum atomic E-state index is -4.05. The van der Waals surface area contributed by atoms with Crippen LogP contribution >= 0.6 is 35.0 Å². The Balaban J connectivity index is 1.77. The molecule has 0 aliphatic rings. The molecule has 9 heteroatoms. The highest BCUT2D eigenvalue weighted by molar-refractivity contribution is 7.99. The van der Waals surface area contributed by atoms with Crippen molar-refractivity contribution in [3.63, 3.8) is 0 Å². The molecule has 0 spiro atoms. The number of aryl methyl sites for hydroxylation is 1. The largest absolute Gasteiger partial charge is 0.354 e. The second-order valence-electron chi connectivity index (χ2n) is 6.91. The number of hydrogen-bond acceptors (Lipinski definition) is 4. The number of nitrogens with zero attached hydrogens (tertiary/aromatic N) is 1. The summed E-state index contributed by atoms with van der Waals surface area (Å²) < 4.78 is 27.8. The molecule has 3 rings (SSSR count). The van der Waals surface area contributed by atoms with Crippen molar-refractivity contribution in [2.24, 2.45) is 0 Å². The van der Waals surface area contributed by atoms with Gasteiger partial charge in [-0.05, 0) is 43.3 Å². The van der Waals surface area contributed by atoms with E-state index < -0.39 is 22.5 Å². The number of benzene rings is 3. The Morgan fingerprint density at radius 2 is 1.66 bits per heavy atom. The quantitative estimate of drug-likeness (QED) is 0.310. The van der Waals surface area contributed by atoms with Gasteiger partial charge in [0.1, 0.15) is 6.54 Å². The highest BCUT2D eigenvalue weighted by atomic mass is 35.5. The van der Waals surface area contributed by atoms with Crippen LogP contribution in [-0.4, -0.2) is 33.2 Å². The molecule has 5 nitrogen and oxygen atoms in total. The number of halogens is 2. The number of amides is 1. The number of sulfonamides is 1. The molecule has 1 N–H and O–H groups in total. The molecule has 32 heavy (non-hydrogen) atoms. The predicted octanol–water partition coefficient (Wildman–Crippen LogP) is 5.41. The van der Waals surface area contributed by atoms with Crippen molar-refractivity contribution < 1.29 is 13.2 Å². The molecule has 1 amide bonds. The van der Waals surface area contributed by atoms with E-state index >= 15 is 0 Å². The third-order valence-electron chi connectivity index (χ3n) is 4.53. The lowest BCUT2D eigenvalue weighted by Gasteiger charge is -2.25. The molecule has 0 unspecified atom stereocenters. The molecule has 0 aliphatic heterocycles. The van der Waals surface area contributed by atoms with Gasteiger partial charge in [0, 0.05) is 17.2 Å². The predicted molar refractivity (Wildman–Crippen MR) is 132 cm³/mol. The zero-order valence-corrected chi connectivity index (χ0v) is 20.4. The summed E-state index contributed by atoms with van der Waals surface area (Å²) >= 11 is 14.0. The number of carbonyl (C=O) groups is 1. The van der Waals surface area contributed by atoms with E-state index in [1.54, 1.807) is 36.0 Å². The zero-order chi connectivity index (χ0) is 23.1. The molecule has 3 aromatic carbocycles. The highest BCUT2D eigenvalue weighted by Crippen LogP contribution is 2.35. The molecule has 0 radical (unpaired) electrons. The lowest BCUT2D eigenvalue weighted by atomic mass is 10.2. The van der Waals surface area contributed by atoms with Crippen LogP contribution in [-0.2, 0) is 14.8 Å². The Hall–Kier alpha value is -2.19. The Kier molecular flexibility index (Phi) is 8.48. The summed E-state index contributed by atoms with van der Waals surface area (Å²) in [4.78, 5) is 13.8.